The van der Waals surface area contributed by atoms with Crippen LogP contribution in [0.25, 0.3) is 32.9 Å². The predicted octanol–water partition coefficient (Wildman–Crippen LogP) is 6.16. The van der Waals surface area contributed by atoms with Crippen molar-refractivity contribution < 1.29 is 19.6 Å². The van der Waals surface area contributed by atoms with Crippen molar-refractivity contribution in [2.24, 2.45) is 0 Å². The average molecular weight is 458 g/mol. The van der Waals surface area contributed by atoms with Crippen molar-refractivity contribution >= 4 is 49.7 Å². The van der Waals surface area contributed by atoms with Gasteiger partial charge in [-0.25, -0.2) is 0 Å². The lowest BCUT2D eigenvalue weighted by Gasteiger charge is -2.37. The second-order valence-corrected chi connectivity index (χ2v) is 10.3. The molecule has 0 fully saturated rings. The summed E-state index contributed by atoms with van der Waals surface area (Å²) in [5, 5.41) is 4.84. The standard InChI is InChI=1S/C26H20O4P2/c27-31(28)25-21-12-4-9-16-8-3-11-20(23(16)21)24(26(25)32(29)30)19-14-13-17-6-1-5-15-7-2-10-18(19)22(15)17/h1-14,19,24,27-30H. The van der Waals surface area contributed by atoms with Crippen LogP contribution in [0, 0.1) is 0 Å². The summed E-state index contributed by atoms with van der Waals surface area (Å²) in [7, 11) is -5.08. The summed E-state index contributed by atoms with van der Waals surface area (Å²) in [5.41, 5.74) is 3.90. The first-order valence-corrected chi connectivity index (χ1v) is 12.9. The summed E-state index contributed by atoms with van der Waals surface area (Å²) in [6.07, 6.45) is 4.21. The van der Waals surface area contributed by atoms with Crippen LogP contribution >= 0.6 is 16.8 Å². The Morgan fingerprint density at radius 3 is 1.94 bits per heavy atom. The van der Waals surface area contributed by atoms with Crippen molar-refractivity contribution in [3.05, 3.63) is 106 Å². The fourth-order valence-electron chi connectivity index (χ4n) is 5.47. The van der Waals surface area contributed by atoms with E-state index in [1.54, 1.807) is 0 Å². The van der Waals surface area contributed by atoms with Crippen molar-refractivity contribution in [1.29, 1.82) is 0 Å². The van der Waals surface area contributed by atoms with E-state index < -0.39 is 22.7 Å². The van der Waals surface area contributed by atoms with Crippen molar-refractivity contribution in [2.45, 2.75) is 11.8 Å². The molecule has 158 valence electrons. The van der Waals surface area contributed by atoms with Crippen LogP contribution in [-0.2, 0) is 0 Å². The minimum atomic E-state index is -2.55. The molecule has 0 saturated heterocycles. The molecule has 4 aromatic carbocycles. The van der Waals surface area contributed by atoms with Crippen LogP contribution < -0.4 is 0 Å². The van der Waals surface area contributed by atoms with E-state index in [0.29, 0.717) is 10.9 Å². The smallest absolute Gasteiger partial charge is 0.200 e. The largest absolute Gasteiger partial charge is 0.347 e. The quantitative estimate of drug-likeness (QED) is 0.277. The molecule has 4 nitrogen and oxygen atoms in total. The summed E-state index contributed by atoms with van der Waals surface area (Å²) >= 11 is 0. The van der Waals surface area contributed by atoms with Crippen LogP contribution in [0.5, 0.6) is 0 Å². The Morgan fingerprint density at radius 1 is 0.625 bits per heavy atom. The van der Waals surface area contributed by atoms with Gasteiger partial charge in [-0.05, 0) is 43.8 Å². The van der Waals surface area contributed by atoms with Gasteiger partial charge in [-0.15, -0.1) is 0 Å². The molecule has 0 bridgehead atoms. The average Bonchev–Trinajstić information content (AvgIpc) is 2.80. The Bertz CT molecular complexity index is 1440. The van der Waals surface area contributed by atoms with Crippen LogP contribution in [0.1, 0.15) is 34.1 Å². The fraction of sp³-hybridized carbons (Fsp3) is 0.0769. The molecular weight excluding hydrogens is 438 g/mol. The second-order valence-electron chi connectivity index (χ2n) is 8.22. The zero-order valence-electron chi connectivity index (χ0n) is 16.9. The molecule has 2 aliphatic rings. The summed E-state index contributed by atoms with van der Waals surface area (Å²) in [4.78, 5) is 42.1. The van der Waals surface area contributed by atoms with Crippen LogP contribution in [-0.4, -0.2) is 19.6 Å². The number of benzene rings is 4. The van der Waals surface area contributed by atoms with Gasteiger partial charge in [-0.1, -0.05) is 84.9 Å². The molecular formula is C26H20O4P2. The van der Waals surface area contributed by atoms with E-state index in [1.165, 1.54) is 0 Å². The van der Waals surface area contributed by atoms with Crippen LogP contribution in [0.15, 0.2) is 84.2 Å². The van der Waals surface area contributed by atoms with Crippen molar-refractivity contribution in [2.75, 3.05) is 0 Å². The molecule has 6 rings (SSSR count). The minimum Gasteiger partial charge on any atom is -0.347 e. The highest BCUT2D eigenvalue weighted by atomic mass is 31.2. The van der Waals surface area contributed by atoms with Gasteiger partial charge >= 0.3 is 0 Å². The summed E-state index contributed by atoms with van der Waals surface area (Å²) in [5.74, 6) is -0.582. The molecule has 0 radical (unpaired) electrons. The summed E-state index contributed by atoms with van der Waals surface area (Å²) in [6, 6.07) is 24.1. The lowest BCUT2D eigenvalue weighted by Crippen LogP contribution is -2.18. The Morgan fingerprint density at radius 2 is 1.25 bits per heavy atom. The molecule has 0 heterocycles. The molecule has 2 unspecified atom stereocenters. The maximum absolute atomic E-state index is 10.6. The third-order valence-corrected chi connectivity index (χ3v) is 8.64. The summed E-state index contributed by atoms with van der Waals surface area (Å²) < 4.78 is 0. The van der Waals surface area contributed by atoms with Gasteiger partial charge in [-0.3, -0.25) is 0 Å². The topological polar surface area (TPSA) is 80.9 Å². The number of hydrogen-bond acceptors (Lipinski definition) is 4. The highest BCUT2D eigenvalue weighted by Crippen LogP contribution is 2.64. The first-order chi connectivity index (χ1) is 15.6. The van der Waals surface area contributed by atoms with Crippen molar-refractivity contribution in [1.82, 2.24) is 0 Å². The monoisotopic (exact) mass is 458 g/mol. The fourth-order valence-corrected chi connectivity index (χ4v) is 7.61. The highest BCUT2D eigenvalue weighted by Gasteiger charge is 2.40. The van der Waals surface area contributed by atoms with Crippen LogP contribution in [0.3, 0.4) is 0 Å². The van der Waals surface area contributed by atoms with E-state index in [1.807, 2.05) is 48.5 Å². The lowest BCUT2D eigenvalue weighted by atomic mass is 9.73. The van der Waals surface area contributed by atoms with Crippen LogP contribution in [0.2, 0.25) is 0 Å². The van der Waals surface area contributed by atoms with Crippen molar-refractivity contribution in [3.8, 4) is 0 Å². The van der Waals surface area contributed by atoms with Crippen molar-refractivity contribution in [3.63, 3.8) is 0 Å². The minimum absolute atomic E-state index is 0.170. The normalized spacial score (nSPS) is 19.6. The lowest BCUT2D eigenvalue weighted by molar-refractivity contribution is 0.482. The van der Waals surface area contributed by atoms with E-state index in [2.05, 4.69) is 36.4 Å². The molecule has 32 heavy (non-hydrogen) atoms. The van der Waals surface area contributed by atoms with Gasteiger partial charge in [0.15, 0.2) is 8.38 Å². The number of allylic oxidation sites excluding steroid dienone is 2. The van der Waals surface area contributed by atoms with Gasteiger partial charge in [0.1, 0.15) is 0 Å². The Balaban J connectivity index is 1.70. The maximum Gasteiger partial charge on any atom is 0.200 e. The van der Waals surface area contributed by atoms with Gasteiger partial charge < -0.3 is 19.6 Å². The van der Waals surface area contributed by atoms with E-state index in [0.717, 1.165) is 38.2 Å². The Hall–Kier alpha value is -2.42. The van der Waals surface area contributed by atoms with Gasteiger partial charge in [0.25, 0.3) is 0 Å². The molecule has 0 saturated carbocycles. The summed E-state index contributed by atoms with van der Waals surface area (Å²) in [6.45, 7) is 0. The predicted molar refractivity (Wildman–Crippen MR) is 132 cm³/mol. The zero-order chi connectivity index (χ0) is 22.0. The molecule has 6 heteroatoms. The first kappa shape index (κ1) is 20.2. The molecule has 2 aliphatic carbocycles. The van der Waals surface area contributed by atoms with Crippen LogP contribution in [0.4, 0.5) is 0 Å². The van der Waals surface area contributed by atoms with E-state index >= 15 is 0 Å². The van der Waals surface area contributed by atoms with Gasteiger partial charge in [0.05, 0.1) is 0 Å². The Kier molecular flexibility index (Phi) is 4.78. The van der Waals surface area contributed by atoms with E-state index in [9.17, 15) is 19.6 Å². The van der Waals surface area contributed by atoms with Gasteiger partial charge in [0.2, 0.25) is 8.38 Å². The van der Waals surface area contributed by atoms with Gasteiger partial charge in [-0.2, -0.15) is 0 Å². The third-order valence-electron chi connectivity index (χ3n) is 6.65. The Labute approximate surface area is 187 Å². The van der Waals surface area contributed by atoms with Gasteiger partial charge in [0, 0.05) is 22.5 Å². The highest BCUT2D eigenvalue weighted by molar-refractivity contribution is 7.60. The molecule has 4 N–H and O–H groups in total. The second kappa shape index (κ2) is 7.57. The zero-order valence-corrected chi connectivity index (χ0v) is 18.7. The van der Waals surface area contributed by atoms with E-state index in [-0.39, 0.29) is 11.2 Å². The number of rotatable bonds is 3. The molecule has 0 aromatic heterocycles. The molecule has 0 amide bonds. The third kappa shape index (κ3) is 2.86. The molecule has 4 aromatic rings. The first-order valence-electron chi connectivity index (χ1n) is 10.4. The maximum atomic E-state index is 10.6. The van der Waals surface area contributed by atoms with E-state index in [4.69, 9.17) is 0 Å². The molecule has 0 aliphatic heterocycles. The molecule has 0 spiro atoms. The SMILES string of the molecule is OP(O)C1=C(P(O)O)C(C2C=Cc3cccc4cccc2c34)c2cccc3cccc1c23. The number of hydrogen-bond donors (Lipinski definition) is 4. The molecule has 2 atom stereocenters.